The van der Waals surface area contributed by atoms with Crippen LogP contribution in [-0.2, 0) is 11.2 Å². The van der Waals surface area contributed by atoms with E-state index in [4.69, 9.17) is 0 Å². The summed E-state index contributed by atoms with van der Waals surface area (Å²) < 4.78 is 0. The number of hydrogen-bond donors (Lipinski definition) is 1. The fourth-order valence-electron chi connectivity index (χ4n) is 3.00. The average molecular weight is 350 g/mol. The lowest BCUT2D eigenvalue weighted by Crippen LogP contribution is -2.31. The Hall–Kier alpha value is -2.95. The Morgan fingerprint density at radius 1 is 0.962 bits per heavy atom. The van der Waals surface area contributed by atoms with Crippen LogP contribution in [0.3, 0.4) is 0 Å². The van der Waals surface area contributed by atoms with E-state index in [-0.39, 0.29) is 17.7 Å². The predicted molar refractivity (Wildman–Crippen MR) is 100 cm³/mol. The quantitative estimate of drug-likeness (QED) is 0.775. The van der Waals surface area contributed by atoms with E-state index in [9.17, 15) is 14.4 Å². The molecule has 0 spiro atoms. The Morgan fingerprint density at radius 3 is 2.15 bits per heavy atom. The third-order valence-electron chi connectivity index (χ3n) is 4.50. The highest BCUT2D eigenvalue weighted by molar-refractivity contribution is 6.21. The van der Waals surface area contributed by atoms with Crippen molar-refractivity contribution in [1.29, 1.82) is 0 Å². The highest BCUT2D eigenvalue weighted by Crippen LogP contribution is 2.22. The van der Waals surface area contributed by atoms with Gasteiger partial charge in [0.05, 0.1) is 11.1 Å². The molecule has 1 aliphatic heterocycles. The van der Waals surface area contributed by atoms with Gasteiger partial charge in [0.2, 0.25) is 5.91 Å². The first-order chi connectivity index (χ1) is 12.6. The van der Waals surface area contributed by atoms with Gasteiger partial charge in [-0.3, -0.25) is 19.3 Å². The van der Waals surface area contributed by atoms with Crippen LogP contribution >= 0.6 is 0 Å². The molecule has 0 atom stereocenters. The van der Waals surface area contributed by atoms with Gasteiger partial charge in [-0.2, -0.15) is 0 Å². The molecule has 2 aromatic rings. The van der Waals surface area contributed by atoms with Crippen LogP contribution in [0.25, 0.3) is 0 Å². The van der Waals surface area contributed by atoms with Crippen molar-refractivity contribution in [3.63, 3.8) is 0 Å². The molecule has 2 aromatic carbocycles. The molecule has 5 nitrogen and oxygen atoms in total. The molecular weight excluding hydrogens is 328 g/mol. The molecule has 134 valence electrons. The second kappa shape index (κ2) is 7.95. The number of hydrogen-bond acceptors (Lipinski definition) is 3. The van der Waals surface area contributed by atoms with Gasteiger partial charge in [0, 0.05) is 18.7 Å². The average Bonchev–Trinajstić information content (AvgIpc) is 2.90. The monoisotopic (exact) mass is 350 g/mol. The van der Waals surface area contributed by atoms with Gasteiger partial charge in [0.25, 0.3) is 11.8 Å². The summed E-state index contributed by atoms with van der Waals surface area (Å²) in [5.74, 6) is -0.443. The van der Waals surface area contributed by atoms with Crippen molar-refractivity contribution >= 4 is 23.4 Å². The van der Waals surface area contributed by atoms with Crippen molar-refractivity contribution in [2.75, 3.05) is 11.9 Å². The van der Waals surface area contributed by atoms with Gasteiger partial charge in [0.1, 0.15) is 0 Å². The molecule has 3 rings (SSSR count). The maximum Gasteiger partial charge on any atom is 0.261 e. The molecule has 1 heterocycles. The van der Waals surface area contributed by atoms with Crippen LogP contribution in [0.4, 0.5) is 5.69 Å². The third-order valence-corrected chi connectivity index (χ3v) is 4.50. The summed E-state index contributed by atoms with van der Waals surface area (Å²) in [5, 5.41) is 2.87. The van der Waals surface area contributed by atoms with Crippen LogP contribution in [0.5, 0.6) is 0 Å². The molecule has 0 bridgehead atoms. The van der Waals surface area contributed by atoms with Gasteiger partial charge < -0.3 is 5.32 Å². The van der Waals surface area contributed by atoms with Crippen molar-refractivity contribution < 1.29 is 14.4 Å². The molecule has 1 N–H and O–H groups in total. The van der Waals surface area contributed by atoms with Gasteiger partial charge in [0.15, 0.2) is 0 Å². The van der Waals surface area contributed by atoms with Crippen LogP contribution < -0.4 is 5.32 Å². The number of rotatable bonds is 7. The number of carbonyl (C=O) groups excluding carboxylic acids is 3. The molecule has 0 saturated carbocycles. The van der Waals surface area contributed by atoms with Crippen LogP contribution in [0, 0.1) is 0 Å². The van der Waals surface area contributed by atoms with Gasteiger partial charge >= 0.3 is 0 Å². The Kier molecular flexibility index (Phi) is 5.46. The lowest BCUT2D eigenvalue weighted by atomic mass is 10.1. The SMILES string of the molecule is CCCCC(=O)Nc1ccc(CCN2C(=O)c3ccccc3C2=O)cc1. The maximum absolute atomic E-state index is 12.3. The van der Waals surface area contributed by atoms with E-state index < -0.39 is 0 Å². The summed E-state index contributed by atoms with van der Waals surface area (Å²) in [6, 6.07) is 14.4. The standard InChI is InChI=1S/C21H22N2O3/c1-2-3-8-19(24)22-16-11-9-15(10-12-16)13-14-23-20(25)17-6-4-5-7-18(17)21(23)26/h4-7,9-12H,2-3,8,13-14H2,1H3,(H,22,24). The van der Waals surface area contributed by atoms with Crippen molar-refractivity contribution in [1.82, 2.24) is 4.90 Å². The minimum atomic E-state index is -0.231. The summed E-state index contributed by atoms with van der Waals surface area (Å²) >= 11 is 0. The second-order valence-electron chi connectivity index (χ2n) is 6.41. The molecule has 26 heavy (non-hydrogen) atoms. The minimum Gasteiger partial charge on any atom is -0.326 e. The number of anilines is 1. The number of nitrogens with zero attached hydrogens (tertiary/aromatic N) is 1. The van der Waals surface area contributed by atoms with Crippen LogP contribution in [-0.4, -0.2) is 29.2 Å². The van der Waals surface area contributed by atoms with Gasteiger partial charge in [-0.15, -0.1) is 0 Å². The van der Waals surface area contributed by atoms with E-state index in [1.807, 2.05) is 24.3 Å². The first kappa shape index (κ1) is 17.9. The lowest BCUT2D eigenvalue weighted by molar-refractivity contribution is -0.116. The van der Waals surface area contributed by atoms with Gasteiger partial charge in [-0.25, -0.2) is 0 Å². The summed E-state index contributed by atoms with van der Waals surface area (Å²) in [5.41, 5.74) is 2.72. The predicted octanol–water partition coefficient (Wildman–Crippen LogP) is 3.65. The van der Waals surface area contributed by atoms with E-state index in [0.29, 0.717) is 30.5 Å². The molecule has 0 fully saturated rings. The number of nitrogens with one attached hydrogen (secondary N) is 1. The molecule has 5 heteroatoms. The normalized spacial score (nSPS) is 13.0. The molecular formula is C21H22N2O3. The summed E-state index contributed by atoms with van der Waals surface area (Å²) in [6.07, 6.45) is 2.97. The first-order valence-corrected chi connectivity index (χ1v) is 8.94. The number of imide groups is 1. The topological polar surface area (TPSA) is 66.5 Å². The molecule has 0 aliphatic carbocycles. The maximum atomic E-state index is 12.3. The summed E-state index contributed by atoms with van der Waals surface area (Å²) in [4.78, 5) is 37.7. The van der Waals surface area contributed by atoms with Crippen molar-refractivity contribution in [3.05, 3.63) is 65.2 Å². The van der Waals surface area contributed by atoms with E-state index >= 15 is 0 Å². The Bertz CT molecular complexity index is 792. The lowest BCUT2D eigenvalue weighted by Gasteiger charge is -2.14. The number of benzene rings is 2. The highest BCUT2D eigenvalue weighted by atomic mass is 16.2. The minimum absolute atomic E-state index is 0.0191. The van der Waals surface area contributed by atoms with Gasteiger partial charge in [-0.05, 0) is 42.7 Å². The Balaban J connectivity index is 1.57. The third kappa shape index (κ3) is 3.82. The highest BCUT2D eigenvalue weighted by Gasteiger charge is 2.34. The molecule has 0 aromatic heterocycles. The zero-order chi connectivity index (χ0) is 18.5. The smallest absolute Gasteiger partial charge is 0.261 e. The Labute approximate surface area is 153 Å². The van der Waals surface area contributed by atoms with Gasteiger partial charge in [-0.1, -0.05) is 37.6 Å². The number of unbranched alkanes of at least 4 members (excludes halogenated alkanes) is 1. The van der Waals surface area contributed by atoms with E-state index in [1.165, 1.54) is 4.90 Å². The van der Waals surface area contributed by atoms with Crippen molar-refractivity contribution in [3.8, 4) is 0 Å². The summed E-state index contributed by atoms with van der Waals surface area (Å²) in [7, 11) is 0. The molecule has 0 saturated heterocycles. The molecule has 0 unspecified atom stereocenters. The largest absolute Gasteiger partial charge is 0.326 e. The van der Waals surface area contributed by atoms with Crippen LogP contribution in [0.15, 0.2) is 48.5 Å². The summed E-state index contributed by atoms with van der Waals surface area (Å²) in [6.45, 7) is 2.39. The van der Waals surface area contributed by atoms with Crippen molar-refractivity contribution in [2.24, 2.45) is 0 Å². The van der Waals surface area contributed by atoms with E-state index in [1.54, 1.807) is 24.3 Å². The first-order valence-electron chi connectivity index (χ1n) is 8.94. The number of fused-ring (bicyclic) bond motifs is 1. The molecule has 3 amide bonds. The van der Waals surface area contributed by atoms with Crippen molar-refractivity contribution in [2.45, 2.75) is 32.6 Å². The Morgan fingerprint density at radius 2 is 1.58 bits per heavy atom. The molecule has 1 aliphatic rings. The van der Waals surface area contributed by atoms with E-state index in [2.05, 4.69) is 12.2 Å². The molecule has 0 radical (unpaired) electrons. The fraction of sp³-hybridized carbons (Fsp3) is 0.286. The number of amides is 3. The number of carbonyl (C=O) groups is 3. The van der Waals surface area contributed by atoms with Crippen LogP contribution in [0.1, 0.15) is 52.5 Å². The zero-order valence-corrected chi connectivity index (χ0v) is 14.8. The van der Waals surface area contributed by atoms with Crippen LogP contribution in [0.2, 0.25) is 0 Å². The van der Waals surface area contributed by atoms with E-state index in [0.717, 1.165) is 24.1 Å². The fourth-order valence-corrected chi connectivity index (χ4v) is 3.00. The zero-order valence-electron chi connectivity index (χ0n) is 14.8. The second-order valence-corrected chi connectivity index (χ2v) is 6.41.